The van der Waals surface area contributed by atoms with Gasteiger partial charge in [0.25, 0.3) is 0 Å². The van der Waals surface area contributed by atoms with E-state index in [4.69, 9.17) is 10.5 Å². The Morgan fingerprint density at radius 1 is 1.47 bits per heavy atom. The van der Waals surface area contributed by atoms with E-state index in [-0.39, 0.29) is 6.10 Å². The van der Waals surface area contributed by atoms with Gasteiger partial charge in [0.15, 0.2) is 0 Å². The van der Waals surface area contributed by atoms with Crippen LogP contribution in [0.3, 0.4) is 0 Å². The molecule has 1 atom stereocenters. The number of nitrogens with zero attached hydrogens (tertiary/aromatic N) is 2. The van der Waals surface area contributed by atoms with Gasteiger partial charge in [-0.2, -0.15) is 4.98 Å². The SMILES string of the molecule is CCCC(C)Oc1nc(C)cc(CN)n1. The molecule has 0 bridgehead atoms. The number of ether oxygens (including phenoxy) is 1. The molecule has 4 heteroatoms. The van der Waals surface area contributed by atoms with E-state index in [1.807, 2.05) is 19.9 Å². The lowest BCUT2D eigenvalue weighted by molar-refractivity contribution is 0.191. The highest BCUT2D eigenvalue weighted by Gasteiger charge is 2.06. The van der Waals surface area contributed by atoms with Crippen molar-refractivity contribution in [3.8, 4) is 6.01 Å². The predicted octanol–water partition coefficient (Wildman–Crippen LogP) is 1.81. The van der Waals surface area contributed by atoms with Crippen molar-refractivity contribution in [3.63, 3.8) is 0 Å². The van der Waals surface area contributed by atoms with Gasteiger partial charge in [-0.1, -0.05) is 13.3 Å². The molecule has 4 nitrogen and oxygen atoms in total. The van der Waals surface area contributed by atoms with Gasteiger partial charge in [0.1, 0.15) is 0 Å². The quantitative estimate of drug-likeness (QED) is 0.803. The van der Waals surface area contributed by atoms with Crippen LogP contribution in [-0.2, 0) is 6.54 Å². The summed E-state index contributed by atoms with van der Waals surface area (Å²) >= 11 is 0. The second-order valence-corrected chi connectivity index (χ2v) is 3.70. The lowest BCUT2D eigenvalue weighted by Gasteiger charge is -2.12. The molecule has 0 fully saturated rings. The minimum Gasteiger partial charge on any atom is -0.460 e. The first-order chi connectivity index (χ1) is 7.15. The summed E-state index contributed by atoms with van der Waals surface area (Å²) in [5, 5.41) is 0. The summed E-state index contributed by atoms with van der Waals surface area (Å²) in [5.74, 6) is 0. The molecule has 2 N–H and O–H groups in total. The predicted molar refractivity (Wildman–Crippen MR) is 59.7 cm³/mol. The number of rotatable bonds is 5. The van der Waals surface area contributed by atoms with Crippen LogP contribution in [0.5, 0.6) is 6.01 Å². The number of hydrogen-bond donors (Lipinski definition) is 1. The maximum atomic E-state index is 5.60. The molecule has 0 saturated carbocycles. The summed E-state index contributed by atoms with van der Waals surface area (Å²) in [6.45, 7) is 6.49. The summed E-state index contributed by atoms with van der Waals surface area (Å²) < 4.78 is 5.60. The number of aryl methyl sites for hydroxylation is 1. The van der Waals surface area contributed by atoms with Crippen LogP contribution in [0.2, 0.25) is 0 Å². The van der Waals surface area contributed by atoms with Crippen molar-refractivity contribution in [1.82, 2.24) is 9.97 Å². The molecule has 0 radical (unpaired) electrons. The summed E-state index contributed by atoms with van der Waals surface area (Å²) in [5.41, 5.74) is 7.24. The van der Waals surface area contributed by atoms with E-state index in [2.05, 4.69) is 16.9 Å². The van der Waals surface area contributed by atoms with Crippen LogP contribution in [0, 0.1) is 6.92 Å². The average molecular weight is 209 g/mol. The van der Waals surface area contributed by atoms with Crippen molar-refractivity contribution in [1.29, 1.82) is 0 Å². The van der Waals surface area contributed by atoms with Gasteiger partial charge < -0.3 is 10.5 Å². The van der Waals surface area contributed by atoms with Gasteiger partial charge in [0.2, 0.25) is 0 Å². The molecule has 84 valence electrons. The van der Waals surface area contributed by atoms with Crippen molar-refractivity contribution in [3.05, 3.63) is 17.5 Å². The van der Waals surface area contributed by atoms with Crippen LogP contribution in [0.4, 0.5) is 0 Å². The smallest absolute Gasteiger partial charge is 0.317 e. The van der Waals surface area contributed by atoms with E-state index in [1.165, 1.54) is 0 Å². The van der Waals surface area contributed by atoms with Crippen LogP contribution in [0.15, 0.2) is 6.07 Å². The van der Waals surface area contributed by atoms with Gasteiger partial charge in [-0.3, -0.25) is 0 Å². The van der Waals surface area contributed by atoms with Crippen molar-refractivity contribution < 1.29 is 4.74 Å². The minimum atomic E-state index is 0.155. The first-order valence-electron chi connectivity index (χ1n) is 5.37. The average Bonchev–Trinajstić information content (AvgIpc) is 2.17. The molecule has 0 amide bonds. The van der Waals surface area contributed by atoms with Gasteiger partial charge in [-0.05, 0) is 26.3 Å². The van der Waals surface area contributed by atoms with E-state index in [9.17, 15) is 0 Å². The fourth-order valence-corrected chi connectivity index (χ4v) is 1.41. The molecule has 1 aromatic rings. The summed E-state index contributed by atoms with van der Waals surface area (Å²) in [6.07, 6.45) is 2.26. The third-order valence-corrected chi connectivity index (χ3v) is 2.10. The Morgan fingerprint density at radius 2 is 2.20 bits per heavy atom. The highest BCUT2D eigenvalue weighted by Crippen LogP contribution is 2.10. The molecule has 0 aliphatic carbocycles. The largest absolute Gasteiger partial charge is 0.460 e. The van der Waals surface area contributed by atoms with Crippen LogP contribution in [0.25, 0.3) is 0 Å². The molecule has 15 heavy (non-hydrogen) atoms. The van der Waals surface area contributed by atoms with Crippen LogP contribution in [-0.4, -0.2) is 16.1 Å². The van der Waals surface area contributed by atoms with E-state index >= 15 is 0 Å². The van der Waals surface area contributed by atoms with Gasteiger partial charge in [-0.15, -0.1) is 0 Å². The monoisotopic (exact) mass is 209 g/mol. The minimum absolute atomic E-state index is 0.155. The second-order valence-electron chi connectivity index (χ2n) is 3.70. The Morgan fingerprint density at radius 3 is 2.80 bits per heavy atom. The van der Waals surface area contributed by atoms with Crippen molar-refractivity contribution in [2.75, 3.05) is 0 Å². The Kier molecular flexibility index (Phi) is 4.49. The Balaban J connectivity index is 2.71. The summed E-state index contributed by atoms with van der Waals surface area (Å²) in [4.78, 5) is 8.43. The molecule has 1 heterocycles. The zero-order valence-corrected chi connectivity index (χ0v) is 9.66. The number of aromatic nitrogens is 2. The summed E-state index contributed by atoms with van der Waals surface area (Å²) in [7, 11) is 0. The molecule has 1 aromatic heterocycles. The lowest BCUT2D eigenvalue weighted by atomic mass is 10.2. The van der Waals surface area contributed by atoms with Gasteiger partial charge in [0.05, 0.1) is 11.8 Å². The fourth-order valence-electron chi connectivity index (χ4n) is 1.41. The van der Waals surface area contributed by atoms with E-state index in [0.717, 1.165) is 24.2 Å². The third-order valence-electron chi connectivity index (χ3n) is 2.10. The second kappa shape index (κ2) is 5.66. The molecule has 1 rings (SSSR count). The normalized spacial score (nSPS) is 12.5. The Hall–Kier alpha value is -1.16. The highest BCUT2D eigenvalue weighted by molar-refractivity contribution is 5.12. The zero-order valence-electron chi connectivity index (χ0n) is 9.66. The van der Waals surface area contributed by atoms with Crippen molar-refractivity contribution >= 4 is 0 Å². The van der Waals surface area contributed by atoms with Gasteiger partial charge in [-0.25, -0.2) is 4.98 Å². The number of nitrogens with two attached hydrogens (primary N) is 1. The van der Waals surface area contributed by atoms with E-state index in [1.54, 1.807) is 0 Å². The van der Waals surface area contributed by atoms with Crippen molar-refractivity contribution in [2.24, 2.45) is 5.73 Å². The molecule has 0 aromatic carbocycles. The van der Waals surface area contributed by atoms with Crippen LogP contribution in [0.1, 0.15) is 38.1 Å². The zero-order chi connectivity index (χ0) is 11.3. The first kappa shape index (κ1) is 11.9. The molecular weight excluding hydrogens is 190 g/mol. The van der Waals surface area contributed by atoms with Crippen LogP contribution >= 0.6 is 0 Å². The highest BCUT2D eigenvalue weighted by atomic mass is 16.5. The molecule has 1 unspecified atom stereocenters. The third kappa shape index (κ3) is 3.83. The molecule has 0 aliphatic rings. The van der Waals surface area contributed by atoms with Gasteiger partial charge in [0, 0.05) is 12.2 Å². The maximum absolute atomic E-state index is 5.60. The van der Waals surface area contributed by atoms with Crippen molar-refractivity contribution in [2.45, 2.75) is 46.3 Å². The maximum Gasteiger partial charge on any atom is 0.317 e. The Labute approximate surface area is 90.9 Å². The number of hydrogen-bond acceptors (Lipinski definition) is 4. The molecule has 0 aliphatic heterocycles. The van der Waals surface area contributed by atoms with E-state index < -0.39 is 0 Å². The van der Waals surface area contributed by atoms with Crippen LogP contribution < -0.4 is 10.5 Å². The molecule has 0 spiro atoms. The van der Waals surface area contributed by atoms with E-state index in [0.29, 0.717) is 12.6 Å². The summed E-state index contributed by atoms with van der Waals surface area (Å²) in [6, 6.07) is 2.31. The standard InChI is InChI=1S/C11H19N3O/c1-4-5-9(3)15-11-13-8(2)6-10(7-12)14-11/h6,9H,4-5,7,12H2,1-3H3. The fraction of sp³-hybridized carbons (Fsp3) is 0.636. The lowest BCUT2D eigenvalue weighted by Crippen LogP contribution is -2.14. The Bertz CT molecular complexity index is 315. The topological polar surface area (TPSA) is 61.0 Å². The molecule has 0 saturated heterocycles. The molecular formula is C11H19N3O. The first-order valence-corrected chi connectivity index (χ1v) is 5.37. The van der Waals surface area contributed by atoms with Gasteiger partial charge >= 0.3 is 6.01 Å².